The first kappa shape index (κ1) is 15.3. The van der Waals surface area contributed by atoms with E-state index in [4.69, 9.17) is 0 Å². The largest absolute Gasteiger partial charge is 0.337 e. The molecule has 0 aliphatic heterocycles. The molecule has 1 heterocycles. The zero-order chi connectivity index (χ0) is 15.4. The summed E-state index contributed by atoms with van der Waals surface area (Å²) in [6.07, 6.45) is 3.67. The summed E-state index contributed by atoms with van der Waals surface area (Å²) in [7, 11) is 3.74. The minimum Gasteiger partial charge on any atom is -0.337 e. The fraction of sp³-hybridized carbons (Fsp3) is 0.333. The van der Waals surface area contributed by atoms with Gasteiger partial charge in [0.1, 0.15) is 5.82 Å². The third-order valence-corrected chi connectivity index (χ3v) is 3.30. The molecule has 0 aliphatic carbocycles. The van der Waals surface area contributed by atoms with Gasteiger partial charge < -0.3 is 4.57 Å². The van der Waals surface area contributed by atoms with E-state index in [0.717, 1.165) is 11.9 Å². The van der Waals surface area contributed by atoms with E-state index in [0.29, 0.717) is 13.1 Å². The van der Waals surface area contributed by atoms with E-state index in [-0.39, 0.29) is 12.0 Å². The zero-order valence-corrected chi connectivity index (χ0v) is 12.0. The third kappa shape index (κ3) is 3.72. The van der Waals surface area contributed by atoms with Gasteiger partial charge in [0.15, 0.2) is 17.4 Å². The van der Waals surface area contributed by atoms with Crippen LogP contribution < -0.4 is 0 Å². The Hall–Kier alpha value is -2.08. The first-order valence-corrected chi connectivity index (χ1v) is 6.61. The van der Waals surface area contributed by atoms with Gasteiger partial charge in [0.2, 0.25) is 0 Å². The second-order valence-corrected chi connectivity index (χ2v) is 4.97. The maximum atomic E-state index is 13.5. The Morgan fingerprint density at radius 2 is 2.14 bits per heavy atom. The molecule has 2 rings (SSSR count). The van der Waals surface area contributed by atoms with Crippen molar-refractivity contribution in [3.63, 3.8) is 0 Å². The average Bonchev–Trinajstić information content (AvgIpc) is 2.84. The molecule has 6 heteroatoms. The molecule has 0 amide bonds. The number of Topliss-reactive ketones (excluding diaryl/α,β-unsaturated/α-hetero) is 1. The lowest BCUT2D eigenvalue weighted by molar-refractivity contribution is 0.0962. The van der Waals surface area contributed by atoms with Crippen LogP contribution in [0.15, 0.2) is 30.6 Å². The van der Waals surface area contributed by atoms with Crippen LogP contribution in [0.1, 0.15) is 22.6 Å². The highest BCUT2D eigenvalue weighted by Crippen LogP contribution is 2.13. The van der Waals surface area contributed by atoms with E-state index >= 15 is 0 Å². The lowest BCUT2D eigenvalue weighted by Crippen LogP contribution is -2.23. The molecule has 0 spiro atoms. The fourth-order valence-corrected chi connectivity index (χ4v) is 2.02. The van der Waals surface area contributed by atoms with Crippen molar-refractivity contribution in [2.75, 3.05) is 13.6 Å². The van der Waals surface area contributed by atoms with E-state index in [1.54, 1.807) is 6.20 Å². The van der Waals surface area contributed by atoms with Crippen molar-refractivity contribution >= 4 is 5.78 Å². The van der Waals surface area contributed by atoms with Gasteiger partial charge in [0, 0.05) is 32.4 Å². The van der Waals surface area contributed by atoms with E-state index in [1.165, 1.54) is 12.1 Å². The summed E-state index contributed by atoms with van der Waals surface area (Å²) >= 11 is 0. The first-order chi connectivity index (χ1) is 9.99. The number of rotatable bonds is 6. The normalized spacial score (nSPS) is 11.1. The quantitative estimate of drug-likeness (QED) is 0.768. The number of nitrogens with zero attached hydrogens (tertiary/aromatic N) is 3. The molecule has 0 unspecified atom stereocenters. The lowest BCUT2D eigenvalue weighted by atomic mass is 10.1. The van der Waals surface area contributed by atoms with Gasteiger partial charge in [-0.3, -0.25) is 9.69 Å². The minimum atomic E-state index is -1.07. The highest BCUT2D eigenvalue weighted by atomic mass is 19.2. The Morgan fingerprint density at radius 3 is 2.81 bits per heavy atom. The second-order valence-electron chi connectivity index (χ2n) is 4.97. The summed E-state index contributed by atoms with van der Waals surface area (Å²) in [5.74, 6) is -1.60. The number of hydrogen-bond acceptors (Lipinski definition) is 3. The number of halogens is 2. The number of aromatic nitrogens is 2. The molecule has 0 saturated heterocycles. The number of aryl methyl sites for hydroxylation is 1. The number of benzene rings is 1. The predicted octanol–water partition coefficient (Wildman–Crippen LogP) is 2.40. The van der Waals surface area contributed by atoms with Crippen molar-refractivity contribution < 1.29 is 13.6 Å². The number of carbonyl (C=O) groups is 1. The van der Waals surface area contributed by atoms with Crippen molar-refractivity contribution in [2.45, 2.75) is 13.0 Å². The number of ketones is 1. The van der Waals surface area contributed by atoms with E-state index in [2.05, 4.69) is 4.98 Å². The topological polar surface area (TPSA) is 38.1 Å². The number of imidazole rings is 1. The second kappa shape index (κ2) is 6.58. The number of hydrogen-bond donors (Lipinski definition) is 0. The number of carbonyl (C=O) groups excluding carboxylic acids is 1. The molecular formula is C15H17F2N3O. The van der Waals surface area contributed by atoms with E-state index in [1.807, 2.05) is 29.8 Å². The van der Waals surface area contributed by atoms with Crippen LogP contribution in [0, 0.1) is 11.6 Å². The van der Waals surface area contributed by atoms with Crippen LogP contribution in [0.2, 0.25) is 0 Å². The highest BCUT2D eigenvalue weighted by molar-refractivity contribution is 5.96. The van der Waals surface area contributed by atoms with Gasteiger partial charge in [-0.2, -0.15) is 0 Å². The molecule has 21 heavy (non-hydrogen) atoms. The summed E-state index contributed by atoms with van der Waals surface area (Å²) in [6.45, 7) is 1.03. The molecule has 0 fully saturated rings. The van der Waals surface area contributed by atoms with Crippen LogP contribution >= 0.6 is 0 Å². The summed E-state index contributed by atoms with van der Waals surface area (Å²) in [5.41, 5.74) is -0.194. The third-order valence-electron chi connectivity index (χ3n) is 3.30. The fourth-order valence-electron chi connectivity index (χ4n) is 2.02. The van der Waals surface area contributed by atoms with Gasteiger partial charge in [-0.05, 0) is 19.2 Å². The standard InChI is InChI=1S/C15H17F2N3O/c1-19(10-14-18-7-9-20(14)2)8-6-13(21)11-4-3-5-12(16)15(11)17/h3-5,7,9H,6,8,10H2,1-2H3. The van der Waals surface area contributed by atoms with E-state index < -0.39 is 17.4 Å². The van der Waals surface area contributed by atoms with Gasteiger partial charge >= 0.3 is 0 Å². The Bertz CT molecular complexity index is 640. The Kier molecular flexibility index (Phi) is 4.80. The Balaban J connectivity index is 1.92. The van der Waals surface area contributed by atoms with Crippen molar-refractivity contribution in [1.82, 2.24) is 14.5 Å². The molecule has 1 aromatic carbocycles. The molecule has 4 nitrogen and oxygen atoms in total. The van der Waals surface area contributed by atoms with Crippen LogP contribution in [0.4, 0.5) is 8.78 Å². The van der Waals surface area contributed by atoms with Crippen LogP contribution in [0.3, 0.4) is 0 Å². The molecule has 0 bridgehead atoms. The van der Waals surface area contributed by atoms with Crippen molar-refractivity contribution in [3.8, 4) is 0 Å². The Morgan fingerprint density at radius 1 is 1.38 bits per heavy atom. The summed E-state index contributed by atoms with van der Waals surface area (Å²) in [5, 5.41) is 0. The first-order valence-electron chi connectivity index (χ1n) is 6.61. The SMILES string of the molecule is CN(CCC(=O)c1cccc(F)c1F)Cc1nccn1C. The maximum absolute atomic E-state index is 13.5. The van der Waals surface area contributed by atoms with Crippen molar-refractivity contribution in [2.24, 2.45) is 7.05 Å². The van der Waals surface area contributed by atoms with Crippen LogP contribution in [0.25, 0.3) is 0 Å². The van der Waals surface area contributed by atoms with Gasteiger partial charge in [-0.1, -0.05) is 6.07 Å². The van der Waals surface area contributed by atoms with Gasteiger partial charge in [-0.25, -0.2) is 13.8 Å². The summed E-state index contributed by atoms with van der Waals surface area (Å²) in [6, 6.07) is 3.64. The average molecular weight is 293 g/mol. The Labute approximate surface area is 122 Å². The van der Waals surface area contributed by atoms with Crippen LogP contribution in [-0.4, -0.2) is 33.8 Å². The highest BCUT2D eigenvalue weighted by Gasteiger charge is 2.15. The summed E-state index contributed by atoms with van der Waals surface area (Å²) < 4.78 is 28.5. The monoisotopic (exact) mass is 293 g/mol. The van der Waals surface area contributed by atoms with Gasteiger partial charge in [0.05, 0.1) is 12.1 Å². The minimum absolute atomic E-state index is 0.126. The maximum Gasteiger partial charge on any atom is 0.169 e. The van der Waals surface area contributed by atoms with Crippen molar-refractivity contribution in [1.29, 1.82) is 0 Å². The van der Waals surface area contributed by atoms with Crippen LogP contribution in [0.5, 0.6) is 0 Å². The van der Waals surface area contributed by atoms with Crippen LogP contribution in [-0.2, 0) is 13.6 Å². The lowest BCUT2D eigenvalue weighted by Gasteiger charge is -2.15. The van der Waals surface area contributed by atoms with E-state index in [9.17, 15) is 13.6 Å². The predicted molar refractivity (Wildman–Crippen MR) is 74.8 cm³/mol. The van der Waals surface area contributed by atoms with Gasteiger partial charge in [-0.15, -0.1) is 0 Å². The molecule has 1 aromatic heterocycles. The molecule has 2 aromatic rings. The smallest absolute Gasteiger partial charge is 0.169 e. The molecule has 0 aliphatic rings. The molecule has 0 atom stereocenters. The van der Waals surface area contributed by atoms with Gasteiger partial charge in [0.25, 0.3) is 0 Å². The molecule has 112 valence electrons. The van der Waals surface area contributed by atoms with Crippen molar-refractivity contribution in [3.05, 3.63) is 53.6 Å². The molecule has 0 N–H and O–H groups in total. The summed E-state index contributed by atoms with van der Waals surface area (Å²) in [4.78, 5) is 18.0. The zero-order valence-electron chi connectivity index (χ0n) is 12.0. The molecular weight excluding hydrogens is 276 g/mol. The molecule has 0 saturated carbocycles. The molecule has 0 radical (unpaired) electrons.